The van der Waals surface area contributed by atoms with Crippen molar-refractivity contribution in [3.05, 3.63) is 12.2 Å². The van der Waals surface area contributed by atoms with Crippen molar-refractivity contribution < 1.29 is 29.0 Å². The Morgan fingerprint density at radius 1 is 0.774 bits per heavy atom. The van der Waals surface area contributed by atoms with Crippen molar-refractivity contribution in [2.75, 3.05) is 20.6 Å². The minimum absolute atomic E-state index is 0.0262. The zero-order valence-corrected chi connectivity index (χ0v) is 36.9. The van der Waals surface area contributed by atoms with Crippen molar-refractivity contribution in [3.63, 3.8) is 0 Å². The van der Waals surface area contributed by atoms with Gasteiger partial charge in [-0.2, -0.15) is 0 Å². The van der Waals surface area contributed by atoms with E-state index in [1.165, 1.54) is 69.9 Å². The smallest absolute Gasteiger partial charge is 0.306 e. The maximum Gasteiger partial charge on any atom is 0.306 e. The number of aliphatic carboxylic acids is 1. The minimum atomic E-state index is -0.865. The third-order valence-corrected chi connectivity index (χ3v) is 15.8. The van der Waals surface area contributed by atoms with Gasteiger partial charge in [0, 0.05) is 5.41 Å². The van der Waals surface area contributed by atoms with E-state index in [1.807, 2.05) is 55.1 Å². The Labute approximate surface area is 326 Å². The second kappa shape index (κ2) is 19.2. The molecule has 0 saturated heterocycles. The highest BCUT2D eigenvalue weighted by molar-refractivity contribution is 5.73. The number of hydrogen-bond acceptors (Lipinski definition) is 6. The Hall–Kier alpha value is -2.02. The molecule has 0 aromatic heterocycles. The lowest BCUT2D eigenvalue weighted by Crippen LogP contribution is -2.66. The Balaban J connectivity index is 0.00000164. The Morgan fingerprint density at radius 3 is 1.89 bits per heavy atom. The zero-order valence-electron chi connectivity index (χ0n) is 36.9. The lowest BCUT2D eigenvalue weighted by atomic mass is 9.32. The van der Waals surface area contributed by atoms with Gasteiger partial charge in [-0.05, 0) is 155 Å². The number of fused-ring (bicyclic) bond motifs is 7. The van der Waals surface area contributed by atoms with Gasteiger partial charge in [0.05, 0.1) is 12.8 Å². The molecule has 5 rings (SSSR count). The molecule has 7 nitrogen and oxygen atoms in total. The van der Waals surface area contributed by atoms with E-state index >= 15 is 0 Å². The number of carboxylic acids is 1. The van der Waals surface area contributed by atoms with Gasteiger partial charge in [0.2, 0.25) is 0 Å². The first-order chi connectivity index (χ1) is 24.7. The van der Waals surface area contributed by atoms with E-state index < -0.39 is 11.4 Å². The summed E-state index contributed by atoms with van der Waals surface area (Å²) in [5.41, 5.74) is 2.09. The van der Waals surface area contributed by atoms with Crippen LogP contribution in [-0.2, 0) is 23.9 Å². The Bertz CT molecular complexity index is 1210. The van der Waals surface area contributed by atoms with Crippen molar-refractivity contribution in [1.29, 1.82) is 0 Å². The first-order valence-corrected chi connectivity index (χ1v) is 21.0. The number of esters is 1. The van der Waals surface area contributed by atoms with Crippen LogP contribution < -0.4 is 0 Å². The molecule has 0 aliphatic heterocycles. The molecule has 10 atom stereocenters. The monoisotopic (exact) mass is 746 g/mol. The van der Waals surface area contributed by atoms with Crippen molar-refractivity contribution in [3.8, 4) is 0 Å². The van der Waals surface area contributed by atoms with Crippen LogP contribution in [0, 0.1) is 62.1 Å². The number of carboxylic acid groups (broad SMARTS) is 1. The van der Waals surface area contributed by atoms with E-state index in [0.29, 0.717) is 34.0 Å². The minimum Gasteiger partial charge on any atom is -0.481 e. The number of allylic oxidation sites excluding steroid dienone is 1. The van der Waals surface area contributed by atoms with Crippen molar-refractivity contribution in [2.24, 2.45) is 62.1 Å². The van der Waals surface area contributed by atoms with Gasteiger partial charge in [0.15, 0.2) is 0 Å². The van der Waals surface area contributed by atoms with Crippen LogP contribution in [-0.4, -0.2) is 62.3 Å². The Morgan fingerprint density at radius 2 is 1.36 bits per heavy atom. The average molecular weight is 746 g/mol. The fourth-order valence-electron chi connectivity index (χ4n) is 13.4. The molecule has 5 aliphatic rings. The number of hydrogen-bond donors (Lipinski definition) is 1. The number of carbonyl (C=O) groups excluding carboxylic acids is 3. The fourth-order valence-corrected chi connectivity index (χ4v) is 13.4. The summed E-state index contributed by atoms with van der Waals surface area (Å²) in [4.78, 5) is 42.9. The van der Waals surface area contributed by atoms with E-state index in [9.17, 15) is 14.7 Å². The summed E-state index contributed by atoms with van der Waals surface area (Å²) in [7, 11) is 4.49. The fraction of sp³-hybridized carbons (Fsp3) is 0.870. The average Bonchev–Trinajstić information content (AvgIpc) is 3.48. The van der Waals surface area contributed by atoms with Gasteiger partial charge in [-0.15, -0.1) is 0 Å². The van der Waals surface area contributed by atoms with Gasteiger partial charge < -0.3 is 24.3 Å². The summed E-state index contributed by atoms with van der Waals surface area (Å²) in [6.07, 6.45) is 14.0. The van der Waals surface area contributed by atoms with E-state index in [1.54, 1.807) is 0 Å². The van der Waals surface area contributed by atoms with Crippen LogP contribution in [0.5, 0.6) is 0 Å². The highest BCUT2D eigenvalue weighted by Crippen LogP contribution is 2.78. The highest BCUT2D eigenvalue weighted by atomic mass is 16.5. The van der Waals surface area contributed by atoms with E-state index in [-0.39, 0.29) is 35.7 Å². The molecule has 0 aromatic rings. The molecule has 7 heteroatoms. The van der Waals surface area contributed by atoms with Gasteiger partial charge in [-0.25, -0.2) is 0 Å². The summed E-state index contributed by atoms with van der Waals surface area (Å²) in [5, 5.41) is 9.31. The first kappa shape index (κ1) is 49.0. The largest absolute Gasteiger partial charge is 0.481 e. The third-order valence-electron chi connectivity index (χ3n) is 15.8. The lowest BCUT2D eigenvalue weighted by Gasteiger charge is -2.73. The molecular formula is C46H83NO6. The second-order valence-corrected chi connectivity index (χ2v) is 19.4. The van der Waals surface area contributed by atoms with Gasteiger partial charge in [0.1, 0.15) is 19.7 Å². The number of nitrogens with zero attached hydrogens (tertiary/aromatic N) is 1. The van der Waals surface area contributed by atoms with Crippen molar-refractivity contribution >= 4 is 25.5 Å². The van der Waals surface area contributed by atoms with Gasteiger partial charge in [-0.3, -0.25) is 9.59 Å². The second-order valence-electron chi connectivity index (χ2n) is 19.4. The summed E-state index contributed by atoms with van der Waals surface area (Å²) < 4.78 is 6.27. The zero-order chi connectivity index (χ0) is 41.4. The SMILES string of the molecule is C=C(C)[C@@H]1CC[C@]2(CCN(C)C)CC[C@]3(C)[C@H](CCC4[C@@]5(C)CCC(OC(=O)CC(C)(C)CC(=O)O)C(C)(C)C5CC[C@]43C)C12.C=O.C=O.CC.CC. The normalized spacial score (nSPS) is 37.6. The van der Waals surface area contributed by atoms with Crippen LogP contribution in [0.1, 0.15) is 167 Å². The number of ether oxygens (including phenoxy) is 1. The molecule has 0 heterocycles. The molecule has 5 fully saturated rings. The summed E-state index contributed by atoms with van der Waals surface area (Å²) in [6, 6.07) is 0. The van der Waals surface area contributed by atoms with E-state index in [4.69, 9.17) is 14.3 Å². The first-order valence-electron chi connectivity index (χ1n) is 21.0. The molecule has 0 aromatic carbocycles. The van der Waals surface area contributed by atoms with Crippen LogP contribution in [0.15, 0.2) is 12.2 Å². The molecule has 53 heavy (non-hydrogen) atoms. The van der Waals surface area contributed by atoms with Crippen LogP contribution in [0.2, 0.25) is 0 Å². The van der Waals surface area contributed by atoms with E-state index in [2.05, 4.69) is 67.1 Å². The topological polar surface area (TPSA) is 101 Å². The number of carbonyl (C=O) groups is 4. The molecule has 4 unspecified atom stereocenters. The Kier molecular flexibility index (Phi) is 17.8. The van der Waals surface area contributed by atoms with E-state index in [0.717, 1.165) is 24.7 Å². The van der Waals surface area contributed by atoms with Gasteiger partial charge in [-0.1, -0.05) is 88.3 Å². The molecule has 0 radical (unpaired) electrons. The lowest BCUT2D eigenvalue weighted by molar-refractivity contribution is -0.250. The molecule has 1 N–H and O–H groups in total. The summed E-state index contributed by atoms with van der Waals surface area (Å²) in [6.45, 7) is 36.6. The highest BCUT2D eigenvalue weighted by Gasteiger charge is 2.71. The quantitative estimate of drug-likeness (QED) is 0.185. The van der Waals surface area contributed by atoms with Crippen molar-refractivity contribution in [1.82, 2.24) is 4.90 Å². The van der Waals surface area contributed by atoms with Gasteiger partial charge in [0.25, 0.3) is 0 Å². The molecule has 5 saturated carbocycles. The molecule has 5 aliphatic carbocycles. The molecular weight excluding hydrogens is 663 g/mol. The molecule has 0 bridgehead atoms. The predicted octanol–water partition coefficient (Wildman–Crippen LogP) is 11.1. The molecule has 308 valence electrons. The predicted molar refractivity (Wildman–Crippen MR) is 220 cm³/mol. The third kappa shape index (κ3) is 9.34. The molecule has 0 spiro atoms. The summed E-state index contributed by atoms with van der Waals surface area (Å²) in [5.74, 6) is 2.32. The summed E-state index contributed by atoms with van der Waals surface area (Å²) >= 11 is 0. The van der Waals surface area contributed by atoms with Crippen molar-refractivity contribution in [2.45, 2.75) is 173 Å². The number of rotatable bonds is 9. The molecule has 0 amide bonds. The van der Waals surface area contributed by atoms with Crippen LogP contribution >= 0.6 is 0 Å². The van der Waals surface area contributed by atoms with Crippen LogP contribution in [0.3, 0.4) is 0 Å². The maximum atomic E-state index is 13.2. The standard InChI is InChI=1S/C40H67NO4.2C2H6.2CH2O/c1-26(2)27-14-19-40(22-23-41(10)11)21-20-38(8)28(34(27)40)12-13-30-37(7)17-16-31(36(5,6)29(37)15-18-39(30,38)9)45-33(44)25-35(3,4)24-32(42)43;4*1-2/h27-31,34H,1,12-25H2,2-11H3,(H,42,43);2*1-2H3;2*1H2/t27-,28+,29?,30?,31?,34?,37-,38+,39+,40+;;;;/m0..../s1. The maximum absolute atomic E-state index is 13.2. The van der Waals surface area contributed by atoms with Gasteiger partial charge >= 0.3 is 11.9 Å². The van der Waals surface area contributed by atoms with Crippen LogP contribution in [0.4, 0.5) is 0 Å². The van der Waals surface area contributed by atoms with Crippen LogP contribution in [0.25, 0.3) is 0 Å².